The van der Waals surface area contributed by atoms with E-state index in [1.54, 1.807) is 30.6 Å². The van der Waals surface area contributed by atoms with E-state index in [4.69, 9.17) is 4.74 Å². The highest BCUT2D eigenvalue weighted by molar-refractivity contribution is 7.99. The van der Waals surface area contributed by atoms with E-state index >= 15 is 0 Å². The summed E-state index contributed by atoms with van der Waals surface area (Å²) >= 11 is 2.88. The number of nitrogens with one attached hydrogen (secondary N) is 1. The molecule has 1 N–H and O–H groups in total. The number of halogens is 1. The molecule has 1 atom stereocenters. The zero-order valence-electron chi connectivity index (χ0n) is 18.2. The summed E-state index contributed by atoms with van der Waals surface area (Å²) in [5.41, 5.74) is 1.76. The number of carbonyl (C=O) groups is 1. The molecular weight excluding hydrogens is 459 g/mol. The summed E-state index contributed by atoms with van der Waals surface area (Å²) in [7, 11) is 1.63. The summed E-state index contributed by atoms with van der Waals surface area (Å²) in [5, 5.41) is 14.3. The number of amides is 1. The highest BCUT2D eigenvalue weighted by Gasteiger charge is 2.20. The van der Waals surface area contributed by atoms with Crippen molar-refractivity contribution in [3.05, 3.63) is 82.3 Å². The average Bonchev–Trinajstić information content (AvgIpc) is 3.52. The second-order valence-corrected chi connectivity index (χ2v) is 9.06. The fourth-order valence-corrected chi connectivity index (χ4v) is 5.01. The molecule has 6 nitrogen and oxygen atoms in total. The Morgan fingerprint density at radius 3 is 2.55 bits per heavy atom. The number of carbonyl (C=O) groups excluding carboxylic acids is 1. The number of aromatic nitrogens is 3. The van der Waals surface area contributed by atoms with Crippen molar-refractivity contribution in [2.75, 3.05) is 12.9 Å². The smallest absolute Gasteiger partial charge is 0.231 e. The molecule has 0 spiro atoms. The van der Waals surface area contributed by atoms with Crippen molar-refractivity contribution >= 4 is 29.0 Å². The molecule has 0 fully saturated rings. The maximum absolute atomic E-state index is 13.4. The molecule has 33 heavy (non-hydrogen) atoms. The van der Waals surface area contributed by atoms with Crippen LogP contribution in [0.5, 0.6) is 5.75 Å². The van der Waals surface area contributed by atoms with Crippen molar-refractivity contribution < 1.29 is 13.9 Å². The highest BCUT2D eigenvalue weighted by Crippen LogP contribution is 2.28. The van der Waals surface area contributed by atoms with Crippen LogP contribution in [-0.4, -0.2) is 33.5 Å². The molecule has 0 saturated carbocycles. The van der Waals surface area contributed by atoms with Crippen LogP contribution in [0.25, 0.3) is 11.4 Å². The fourth-order valence-electron chi connectivity index (χ4n) is 3.40. The predicted octanol–water partition coefficient (Wildman–Crippen LogP) is 5.17. The lowest BCUT2D eigenvalue weighted by molar-refractivity contribution is -0.119. The van der Waals surface area contributed by atoms with E-state index in [0.29, 0.717) is 11.7 Å². The SMILES string of the molecule is CCn1c(SCC(=O)NC(c2ccc(F)cc2)c2cccs2)nnc1-c1ccc(OC)cc1. The van der Waals surface area contributed by atoms with Gasteiger partial charge < -0.3 is 14.6 Å². The van der Waals surface area contributed by atoms with Gasteiger partial charge in [-0.2, -0.15) is 0 Å². The first-order valence-electron chi connectivity index (χ1n) is 10.4. The predicted molar refractivity (Wildman–Crippen MR) is 129 cm³/mol. The van der Waals surface area contributed by atoms with Gasteiger partial charge in [0, 0.05) is 17.0 Å². The van der Waals surface area contributed by atoms with Crippen LogP contribution in [0.1, 0.15) is 23.4 Å². The summed E-state index contributed by atoms with van der Waals surface area (Å²) in [6.45, 7) is 2.69. The molecule has 0 aliphatic heterocycles. The van der Waals surface area contributed by atoms with Gasteiger partial charge in [0.15, 0.2) is 11.0 Å². The van der Waals surface area contributed by atoms with E-state index in [-0.39, 0.29) is 23.5 Å². The van der Waals surface area contributed by atoms with Crippen molar-refractivity contribution in [1.82, 2.24) is 20.1 Å². The number of methoxy groups -OCH3 is 1. The third kappa shape index (κ3) is 5.43. The van der Waals surface area contributed by atoms with E-state index in [2.05, 4.69) is 15.5 Å². The van der Waals surface area contributed by atoms with Crippen LogP contribution >= 0.6 is 23.1 Å². The Morgan fingerprint density at radius 1 is 1.15 bits per heavy atom. The minimum atomic E-state index is -0.336. The molecule has 2 aromatic carbocycles. The Labute approximate surface area is 199 Å². The standard InChI is InChI=1S/C24H23FN4O2S2/c1-3-29-23(17-8-12-19(31-2)13-9-17)27-28-24(29)33-15-21(30)26-22(20-5-4-14-32-20)16-6-10-18(25)11-7-16/h4-14,22H,3,15H2,1-2H3,(H,26,30). The molecule has 2 heterocycles. The van der Waals surface area contributed by atoms with Gasteiger partial charge in [-0.05, 0) is 60.3 Å². The number of benzene rings is 2. The van der Waals surface area contributed by atoms with Crippen LogP contribution in [0.15, 0.2) is 71.2 Å². The van der Waals surface area contributed by atoms with E-state index in [9.17, 15) is 9.18 Å². The maximum Gasteiger partial charge on any atom is 0.231 e. The minimum absolute atomic E-state index is 0.139. The Hall–Kier alpha value is -3.17. The number of rotatable bonds is 9. The van der Waals surface area contributed by atoms with Crippen molar-refractivity contribution in [3.63, 3.8) is 0 Å². The van der Waals surface area contributed by atoms with Crippen LogP contribution in [0, 0.1) is 5.82 Å². The Morgan fingerprint density at radius 2 is 1.91 bits per heavy atom. The van der Waals surface area contributed by atoms with Crippen LogP contribution in [0.2, 0.25) is 0 Å². The van der Waals surface area contributed by atoms with Crippen LogP contribution < -0.4 is 10.1 Å². The van der Waals surface area contributed by atoms with Crippen molar-refractivity contribution in [1.29, 1.82) is 0 Å². The van der Waals surface area contributed by atoms with Gasteiger partial charge in [0.2, 0.25) is 5.91 Å². The summed E-state index contributed by atoms with van der Waals surface area (Å²) < 4.78 is 20.6. The molecule has 0 aliphatic rings. The van der Waals surface area contributed by atoms with Crippen LogP contribution in [0.3, 0.4) is 0 Å². The second-order valence-electron chi connectivity index (χ2n) is 7.14. The second kappa shape index (κ2) is 10.6. The number of thioether (sulfide) groups is 1. The van der Waals surface area contributed by atoms with Crippen LogP contribution in [0.4, 0.5) is 4.39 Å². The number of nitrogens with zero attached hydrogens (tertiary/aromatic N) is 3. The van der Waals surface area contributed by atoms with Gasteiger partial charge in [-0.1, -0.05) is 30.0 Å². The van der Waals surface area contributed by atoms with Gasteiger partial charge >= 0.3 is 0 Å². The summed E-state index contributed by atoms with van der Waals surface area (Å²) in [6.07, 6.45) is 0. The molecule has 0 radical (unpaired) electrons. The number of ether oxygens (including phenoxy) is 1. The van der Waals surface area contributed by atoms with E-state index in [1.807, 2.05) is 53.3 Å². The van der Waals surface area contributed by atoms with Gasteiger partial charge in [0.25, 0.3) is 0 Å². The molecule has 0 saturated heterocycles. The number of hydrogen-bond acceptors (Lipinski definition) is 6. The number of thiophene rings is 1. The van der Waals surface area contributed by atoms with E-state index in [0.717, 1.165) is 27.6 Å². The summed E-state index contributed by atoms with van der Waals surface area (Å²) in [6, 6.07) is 17.4. The Balaban J connectivity index is 1.46. The third-order valence-electron chi connectivity index (χ3n) is 5.05. The minimum Gasteiger partial charge on any atom is -0.497 e. The molecule has 1 unspecified atom stereocenters. The first-order valence-corrected chi connectivity index (χ1v) is 12.2. The first-order chi connectivity index (χ1) is 16.1. The normalized spacial score (nSPS) is 11.8. The first kappa shape index (κ1) is 23.0. The van der Waals surface area contributed by atoms with Gasteiger partial charge in [0.05, 0.1) is 18.9 Å². The number of hydrogen-bond donors (Lipinski definition) is 1. The molecule has 1 amide bonds. The van der Waals surface area contributed by atoms with Crippen LogP contribution in [-0.2, 0) is 11.3 Å². The van der Waals surface area contributed by atoms with Gasteiger partial charge in [0.1, 0.15) is 11.6 Å². The zero-order chi connectivity index (χ0) is 23.2. The lowest BCUT2D eigenvalue weighted by Crippen LogP contribution is -2.30. The summed E-state index contributed by atoms with van der Waals surface area (Å²) in [5.74, 6) is 1.25. The topological polar surface area (TPSA) is 69.0 Å². The average molecular weight is 483 g/mol. The largest absolute Gasteiger partial charge is 0.497 e. The fraction of sp³-hybridized carbons (Fsp3) is 0.208. The molecule has 0 bridgehead atoms. The molecular formula is C24H23FN4O2S2. The Kier molecular flexibility index (Phi) is 7.41. The van der Waals surface area contributed by atoms with Gasteiger partial charge in [-0.3, -0.25) is 4.79 Å². The zero-order valence-corrected chi connectivity index (χ0v) is 19.8. The quantitative estimate of drug-likeness (QED) is 0.333. The molecule has 2 aromatic heterocycles. The third-order valence-corrected chi connectivity index (χ3v) is 6.95. The molecule has 170 valence electrons. The monoisotopic (exact) mass is 482 g/mol. The van der Waals surface area contributed by atoms with E-state index < -0.39 is 0 Å². The molecule has 9 heteroatoms. The van der Waals surface area contributed by atoms with Gasteiger partial charge in [-0.15, -0.1) is 21.5 Å². The molecule has 4 rings (SSSR count). The van der Waals surface area contributed by atoms with Crippen molar-refractivity contribution in [2.45, 2.75) is 24.7 Å². The highest BCUT2D eigenvalue weighted by atomic mass is 32.2. The van der Waals surface area contributed by atoms with Crippen molar-refractivity contribution in [2.24, 2.45) is 0 Å². The Bertz CT molecular complexity index is 1190. The lowest BCUT2D eigenvalue weighted by Gasteiger charge is -2.18. The summed E-state index contributed by atoms with van der Waals surface area (Å²) in [4.78, 5) is 13.8. The van der Waals surface area contributed by atoms with E-state index in [1.165, 1.54) is 23.9 Å². The molecule has 0 aliphatic carbocycles. The van der Waals surface area contributed by atoms with Gasteiger partial charge in [-0.25, -0.2) is 4.39 Å². The maximum atomic E-state index is 13.4. The molecule has 4 aromatic rings. The van der Waals surface area contributed by atoms with Crippen molar-refractivity contribution in [3.8, 4) is 17.1 Å². The lowest BCUT2D eigenvalue weighted by atomic mass is 10.1.